The zero-order valence-corrected chi connectivity index (χ0v) is 13.4. The van der Waals surface area contributed by atoms with Crippen molar-refractivity contribution < 1.29 is 4.79 Å². The number of carbonyl (C=O) groups excluding carboxylic acids is 1. The molecule has 22 heavy (non-hydrogen) atoms. The molecular formula is C16H16N4OS. The highest BCUT2D eigenvalue weighted by Crippen LogP contribution is 2.23. The number of benzene rings is 1. The Morgan fingerprint density at radius 3 is 2.73 bits per heavy atom. The number of carbonyl (C=O) groups is 1. The van der Waals surface area contributed by atoms with Crippen molar-refractivity contribution in [2.45, 2.75) is 13.8 Å². The third-order valence-electron chi connectivity index (χ3n) is 3.49. The van der Waals surface area contributed by atoms with E-state index >= 15 is 0 Å². The van der Waals surface area contributed by atoms with Gasteiger partial charge in [0.1, 0.15) is 5.70 Å². The molecule has 1 aliphatic rings. The van der Waals surface area contributed by atoms with Crippen LogP contribution >= 0.6 is 12.2 Å². The summed E-state index contributed by atoms with van der Waals surface area (Å²) >= 11 is 5.31. The SMILES string of the molecule is Cc1cccc(N2C(=O)/C(=C/c3cn(C)nc3C)NC2=S)c1. The fourth-order valence-corrected chi connectivity index (χ4v) is 2.75. The summed E-state index contributed by atoms with van der Waals surface area (Å²) in [5.74, 6) is -0.154. The lowest BCUT2D eigenvalue weighted by Gasteiger charge is -2.14. The molecule has 1 fully saturated rings. The van der Waals surface area contributed by atoms with Crippen molar-refractivity contribution in [3.8, 4) is 0 Å². The standard InChI is InChI=1S/C16H16N4OS/c1-10-5-4-6-13(7-10)20-15(21)14(17-16(20)22)8-12-9-19(3)18-11(12)2/h4-9H,1-3H3,(H,17,22)/b14-8-. The highest BCUT2D eigenvalue weighted by molar-refractivity contribution is 7.80. The molecule has 1 saturated heterocycles. The number of hydrogen-bond acceptors (Lipinski definition) is 3. The van der Waals surface area contributed by atoms with Crippen LogP contribution < -0.4 is 10.2 Å². The van der Waals surface area contributed by atoms with Crippen molar-refractivity contribution in [3.05, 3.63) is 53.0 Å². The Balaban J connectivity index is 1.96. The molecule has 0 saturated carbocycles. The molecule has 3 rings (SSSR count). The van der Waals surface area contributed by atoms with E-state index in [2.05, 4.69) is 10.4 Å². The number of anilines is 1. The van der Waals surface area contributed by atoms with E-state index in [1.54, 1.807) is 10.8 Å². The maximum absolute atomic E-state index is 12.6. The topological polar surface area (TPSA) is 50.2 Å². The van der Waals surface area contributed by atoms with E-state index in [1.807, 2.05) is 51.4 Å². The second kappa shape index (κ2) is 5.38. The molecule has 1 amide bonds. The number of nitrogens with one attached hydrogen (secondary N) is 1. The zero-order chi connectivity index (χ0) is 15.9. The first-order chi connectivity index (χ1) is 10.5. The minimum Gasteiger partial charge on any atom is -0.327 e. The molecule has 1 N–H and O–H groups in total. The Bertz CT molecular complexity index is 806. The predicted octanol–water partition coefficient (Wildman–Crippen LogP) is 2.30. The van der Waals surface area contributed by atoms with E-state index in [0.29, 0.717) is 10.8 Å². The largest absolute Gasteiger partial charge is 0.327 e. The Morgan fingerprint density at radius 1 is 1.32 bits per heavy atom. The van der Waals surface area contributed by atoms with Crippen LogP contribution in [0.1, 0.15) is 16.8 Å². The maximum atomic E-state index is 12.6. The Kier molecular flexibility index (Phi) is 3.54. The monoisotopic (exact) mass is 312 g/mol. The van der Waals surface area contributed by atoms with Gasteiger partial charge in [-0.1, -0.05) is 12.1 Å². The van der Waals surface area contributed by atoms with Crippen LogP contribution in [-0.4, -0.2) is 20.8 Å². The summed E-state index contributed by atoms with van der Waals surface area (Å²) in [6, 6.07) is 7.70. The molecule has 0 bridgehead atoms. The summed E-state index contributed by atoms with van der Waals surface area (Å²) in [5, 5.41) is 7.65. The fourth-order valence-electron chi connectivity index (χ4n) is 2.45. The van der Waals surface area contributed by atoms with E-state index in [0.717, 1.165) is 22.5 Å². The fraction of sp³-hybridized carbons (Fsp3) is 0.188. The molecule has 0 spiro atoms. The lowest BCUT2D eigenvalue weighted by molar-refractivity contribution is -0.113. The molecule has 0 atom stereocenters. The van der Waals surface area contributed by atoms with Crippen molar-refractivity contribution in [2.24, 2.45) is 7.05 Å². The van der Waals surface area contributed by atoms with Crippen molar-refractivity contribution in [1.29, 1.82) is 0 Å². The van der Waals surface area contributed by atoms with Gasteiger partial charge in [0.25, 0.3) is 5.91 Å². The number of nitrogens with zero attached hydrogens (tertiary/aromatic N) is 3. The van der Waals surface area contributed by atoms with Crippen molar-refractivity contribution in [1.82, 2.24) is 15.1 Å². The molecule has 0 unspecified atom stereocenters. The summed E-state index contributed by atoms with van der Waals surface area (Å²) in [6.07, 6.45) is 3.66. The van der Waals surface area contributed by atoms with Crippen LogP contribution in [0.3, 0.4) is 0 Å². The van der Waals surface area contributed by atoms with Gasteiger partial charge in [-0.25, -0.2) is 0 Å². The number of amides is 1. The third-order valence-corrected chi connectivity index (χ3v) is 3.77. The van der Waals surface area contributed by atoms with Gasteiger partial charge in [-0.2, -0.15) is 5.10 Å². The highest BCUT2D eigenvalue weighted by atomic mass is 32.1. The van der Waals surface area contributed by atoms with Crippen molar-refractivity contribution in [3.63, 3.8) is 0 Å². The number of rotatable bonds is 2. The van der Waals surface area contributed by atoms with Crippen LogP contribution in [0.2, 0.25) is 0 Å². The van der Waals surface area contributed by atoms with Crippen LogP contribution in [0, 0.1) is 13.8 Å². The molecular weight excluding hydrogens is 296 g/mol. The van der Waals surface area contributed by atoms with Gasteiger partial charge in [0, 0.05) is 18.8 Å². The minimum atomic E-state index is -0.154. The highest BCUT2D eigenvalue weighted by Gasteiger charge is 2.32. The molecule has 0 aliphatic carbocycles. The number of thiocarbonyl (C=S) groups is 1. The van der Waals surface area contributed by atoms with Crippen LogP contribution in [0.4, 0.5) is 5.69 Å². The van der Waals surface area contributed by atoms with Gasteiger partial charge in [-0.3, -0.25) is 14.4 Å². The van der Waals surface area contributed by atoms with Gasteiger partial charge in [0.05, 0.1) is 11.4 Å². The molecule has 1 aromatic carbocycles. The van der Waals surface area contributed by atoms with Gasteiger partial charge in [0.15, 0.2) is 5.11 Å². The van der Waals surface area contributed by atoms with Gasteiger partial charge < -0.3 is 5.32 Å². The molecule has 0 radical (unpaired) electrons. The zero-order valence-electron chi connectivity index (χ0n) is 12.6. The molecule has 6 heteroatoms. The molecule has 5 nitrogen and oxygen atoms in total. The molecule has 1 aromatic heterocycles. The lowest BCUT2D eigenvalue weighted by Crippen LogP contribution is -2.30. The van der Waals surface area contributed by atoms with E-state index in [-0.39, 0.29) is 5.91 Å². The van der Waals surface area contributed by atoms with Crippen LogP contribution in [0.15, 0.2) is 36.2 Å². The van der Waals surface area contributed by atoms with Gasteiger partial charge in [-0.05, 0) is 49.8 Å². The molecule has 2 heterocycles. The summed E-state index contributed by atoms with van der Waals surface area (Å²) < 4.78 is 1.72. The van der Waals surface area contributed by atoms with Gasteiger partial charge in [0.2, 0.25) is 0 Å². The quantitative estimate of drug-likeness (QED) is 0.683. The van der Waals surface area contributed by atoms with Crippen LogP contribution in [-0.2, 0) is 11.8 Å². The van der Waals surface area contributed by atoms with Crippen LogP contribution in [0.5, 0.6) is 0 Å². The van der Waals surface area contributed by atoms with Crippen molar-refractivity contribution >= 4 is 35.0 Å². The number of aryl methyl sites for hydroxylation is 3. The smallest absolute Gasteiger partial charge is 0.281 e. The first-order valence-corrected chi connectivity index (χ1v) is 7.30. The Labute approximate surface area is 134 Å². The average Bonchev–Trinajstić information content (AvgIpc) is 2.90. The number of hydrogen-bond donors (Lipinski definition) is 1. The average molecular weight is 312 g/mol. The molecule has 1 aliphatic heterocycles. The predicted molar refractivity (Wildman–Crippen MR) is 90.3 cm³/mol. The third kappa shape index (κ3) is 2.53. The summed E-state index contributed by atoms with van der Waals surface area (Å²) in [5.41, 5.74) is 4.07. The summed E-state index contributed by atoms with van der Waals surface area (Å²) in [6.45, 7) is 3.89. The maximum Gasteiger partial charge on any atom is 0.281 e. The summed E-state index contributed by atoms with van der Waals surface area (Å²) in [7, 11) is 1.85. The number of aromatic nitrogens is 2. The first-order valence-electron chi connectivity index (χ1n) is 6.90. The van der Waals surface area contributed by atoms with E-state index in [4.69, 9.17) is 12.2 Å². The first kappa shape index (κ1) is 14.5. The van der Waals surface area contributed by atoms with Crippen molar-refractivity contribution in [2.75, 3.05) is 4.90 Å². The summed E-state index contributed by atoms with van der Waals surface area (Å²) in [4.78, 5) is 14.1. The van der Waals surface area contributed by atoms with Gasteiger partial charge in [-0.15, -0.1) is 0 Å². The Hall–Kier alpha value is -2.47. The van der Waals surface area contributed by atoms with E-state index in [9.17, 15) is 4.79 Å². The normalized spacial score (nSPS) is 16.5. The second-order valence-electron chi connectivity index (χ2n) is 5.31. The van der Waals surface area contributed by atoms with E-state index in [1.165, 1.54) is 4.90 Å². The Morgan fingerprint density at radius 2 is 2.09 bits per heavy atom. The van der Waals surface area contributed by atoms with E-state index < -0.39 is 0 Å². The molecule has 2 aromatic rings. The van der Waals surface area contributed by atoms with Gasteiger partial charge >= 0.3 is 0 Å². The second-order valence-corrected chi connectivity index (χ2v) is 5.70. The lowest BCUT2D eigenvalue weighted by atomic mass is 10.2. The molecule has 112 valence electrons. The van der Waals surface area contributed by atoms with Crippen LogP contribution in [0.25, 0.3) is 6.08 Å². The minimum absolute atomic E-state index is 0.154.